The third-order valence-corrected chi connectivity index (χ3v) is 7.53. The molecule has 0 N–H and O–H groups in total. The van der Waals surface area contributed by atoms with Gasteiger partial charge in [0.2, 0.25) is 0 Å². The molecule has 1 aliphatic heterocycles. The summed E-state index contributed by atoms with van der Waals surface area (Å²) in [5.74, 6) is 1.03. The Hall–Kier alpha value is -3.58. The molecule has 4 aromatic rings. The highest BCUT2D eigenvalue weighted by Crippen LogP contribution is 2.57. The van der Waals surface area contributed by atoms with Gasteiger partial charge in [-0.15, -0.1) is 0 Å². The van der Waals surface area contributed by atoms with Crippen molar-refractivity contribution in [2.75, 3.05) is 0 Å². The van der Waals surface area contributed by atoms with Gasteiger partial charge in [0.15, 0.2) is 0 Å². The van der Waals surface area contributed by atoms with Crippen LogP contribution in [0.2, 0.25) is 0 Å². The number of unbranched alkanes of at least 4 members (excludes halogenated alkanes) is 1. The van der Waals surface area contributed by atoms with Crippen molar-refractivity contribution in [3.05, 3.63) is 136 Å². The molecule has 34 heavy (non-hydrogen) atoms. The van der Waals surface area contributed by atoms with E-state index in [1.807, 2.05) is 0 Å². The Bertz CT molecular complexity index is 1330. The van der Waals surface area contributed by atoms with Gasteiger partial charge in [0.25, 0.3) is 0 Å². The number of fused-ring (bicyclic) bond motifs is 4. The first kappa shape index (κ1) is 21.0. The van der Waals surface area contributed by atoms with E-state index in [0.717, 1.165) is 12.2 Å². The van der Waals surface area contributed by atoms with Crippen LogP contribution in [0.5, 0.6) is 5.75 Å². The highest BCUT2D eigenvalue weighted by atomic mass is 16.5. The highest BCUT2D eigenvalue weighted by Gasteiger charge is 2.54. The fourth-order valence-corrected chi connectivity index (χ4v) is 6.04. The van der Waals surface area contributed by atoms with Crippen molar-refractivity contribution in [2.24, 2.45) is 0 Å². The van der Waals surface area contributed by atoms with Gasteiger partial charge in [0.05, 0.1) is 5.41 Å². The van der Waals surface area contributed by atoms with E-state index < -0.39 is 5.41 Å². The van der Waals surface area contributed by atoms with Crippen LogP contribution in [0.4, 0.5) is 0 Å². The topological polar surface area (TPSA) is 9.23 Å². The third-order valence-electron chi connectivity index (χ3n) is 7.53. The zero-order chi connectivity index (χ0) is 23.1. The van der Waals surface area contributed by atoms with E-state index in [2.05, 4.69) is 117 Å². The first-order valence-corrected chi connectivity index (χ1v) is 12.5. The Labute approximate surface area is 202 Å². The molecule has 168 valence electrons. The molecule has 1 atom stereocenters. The first-order valence-electron chi connectivity index (χ1n) is 12.5. The van der Waals surface area contributed by atoms with Crippen LogP contribution in [-0.4, -0.2) is 6.10 Å². The Morgan fingerprint density at radius 2 is 1.44 bits per heavy atom. The monoisotopic (exact) mass is 442 g/mol. The van der Waals surface area contributed by atoms with Gasteiger partial charge in [-0.3, -0.25) is 0 Å². The second-order valence-corrected chi connectivity index (χ2v) is 9.62. The van der Waals surface area contributed by atoms with Crippen molar-refractivity contribution in [2.45, 2.75) is 44.6 Å². The SMILES string of the molecule is CCCCc1cc(C)c2c(c1)C=C1c3ccccc3C(c3ccccc3)(c3ccccc3)C1O2. The highest BCUT2D eigenvalue weighted by molar-refractivity contribution is 5.95. The number of hydrogen-bond acceptors (Lipinski definition) is 1. The summed E-state index contributed by atoms with van der Waals surface area (Å²) >= 11 is 0. The maximum atomic E-state index is 7.09. The minimum absolute atomic E-state index is 0.123. The summed E-state index contributed by atoms with van der Waals surface area (Å²) in [4.78, 5) is 0. The van der Waals surface area contributed by atoms with E-state index in [4.69, 9.17) is 4.74 Å². The molecule has 0 radical (unpaired) electrons. The van der Waals surface area contributed by atoms with Crippen molar-refractivity contribution in [1.82, 2.24) is 0 Å². The maximum absolute atomic E-state index is 7.09. The summed E-state index contributed by atoms with van der Waals surface area (Å²) in [5, 5.41) is 0. The van der Waals surface area contributed by atoms with E-state index in [0.29, 0.717) is 0 Å². The number of rotatable bonds is 5. The number of aryl methyl sites for hydroxylation is 2. The second kappa shape index (κ2) is 8.33. The largest absolute Gasteiger partial charge is 0.483 e. The number of hydrogen-bond donors (Lipinski definition) is 0. The third kappa shape index (κ3) is 3.07. The lowest BCUT2D eigenvalue weighted by Crippen LogP contribution is -2.42. The van der Waals surface area contributed by atoms with Crippen LogP contribution in [0.1, 0.15) is 58.7 Å². The summed E-state index contributed by atoms with van der Waals surface area (Å²) in [7, 11) is 0. The van der Waals surface area contributed by atoms with Gasteiger partial charge >= 0.3 is 0 Å². The number of benzene rings is 4. The van der Waals surface area contributed by atoms with Crippen LogP contribution in [-0.2, 0) is 11.8 Å². The smallest absolute Gasteiger partial charge is 0.142 e. The molecular formula is C33H30O. The first-order chi connectivity index (χ1) is 16.7. The van der Waals surface area contributed by atoms with Crippen LogP contribution in [0.15, 0.2) is 97.1 Å². The van der Waals surface area contributed by atoms with Crippen LogP contribution in [0, 0.1) is 6.92 Å². The Balaban J connectivity index is 1.63. The van der Waals surface area contributed by atoms with Crippen molar-refractivity contribution in [1.29, 1.82) is 0 Å². The standard InChI is InChI=1S/C33H30O/c1-3-4-13-24-20-23(2)31-25(21-24)22-29-28-18-11-12-19-30(28)33(32(29)34-31,26-14-7-5-8-15-26)27-16-9-6-10-17-27/h5-12,14-22,32H,3-4,13H2,1-2H3. The van der Waals surface area contributed by atoms with Gasteiger partial charge in [0.1, 0.15) is 11.9 Å². The molecule has 0 bridgehead atoms. The predicted molar refractivity (Wildman–Crippen MR) is 141 cm³/mol. The zero-order valence-corrected chi connectivity index (χ0v) is 19.9. The molecule has 1 nitrogen and oxygen atoms in total. The molecule has 1 heteroatoms. The summed E-state index contributed by atoms with van der Waals surface area (Å²) in [6.45, 7) is 4.45. The van der Waals surface area contributed by atoms with E-state index in [9.17, 15) is 0 Å². The lowest BCUT2D eigenvalue weighted by atomic mass is 9.68. The Kier molecular flexibility index (Phi) is 5.14. The summed E-state index contributed by atoms with van der Waals surface area (Å²) in [6, 6.07) is 35.3. The normalized spacial score (nSPS) is 17.2. The fraction of sp³-hybridized carbons (Fsp3) is 0.212. The molecule has 0 amide bonds. The molecule has 0 saturated heterocycles. The van der Waals surface area contributed by atoms with Crippen molar-refractivity contribution < 1.29 is 4.74 Å². The van der Waals surface area contributed by atoms with Gasteiger partial charge in [-0.25, -0.2) is 0 Å². The molecule has 4 aromatic carbocycles. The molecule has 1 heterocycles. The average molecular weight is 443 g/mol. The Morgan fingerprint density at radius 3 is 2.12 bits per heavy atom. The zero-order valence-electron chi connectivity index (χ0n) is 19.9. The quantitative estimate of drug-likeness (QED) is 0.304. The van der Waals surface area contributed by atoms with E-state index >= 15 is 0 Å². The predicted octanol–water partition coefficient (Wildman–Crippen LogP) is 7.99. The molecule has 0 saturated carbocycles. The van der Waals surface area contributed by atoms with Crippen LogP contribution >= 0.6 is 0 Å². The summed E-state index contributed by atoms with van der Waals surface area (Å²) in [5.41, 5.74) is 9.86. The average Bonchev–Trinajstić information content (AvgIpc) is 3.18. The van der Waals surface area contributed by atoms with Crippen LogP contribution < -0.4 is 4.74 Å². The lowest BCUT2D eigenvalue weighted by molar-refractivity contribution is 0.206. The van der Waals surface area contributed by atoms with Gasteiger partial charge in [-0.1, -0.05) is 104 Å². The van der Waals surface area contributed by atoms with Crippen molar-refractivity contribution in [3.8, 4) is 5.75 Å². The lowest BCUT2D eigenvalue weighted by Gasteiger charge is -2.40. The van der Waals surface area contributed by atoms with Crippen LogP contribution in [0.3, 0.4) is 0 Å². The molecule has 0 spiro atoms. The summed E-state index contributed by atoms with van der Waals surface area (Å²) in [6.07, 6.45) is 5.82. The minimum atomic E-state index is -0.407. The molecule has 1 unspecified atom stereocenters. The van der Waals surface area contributed by atoms with Gasteiger partial charge < -0.3 is 4.74 Å². The maximum Gasteiger partial charge on any atom is 0.142 e. The van der Waals surface area contributed by atoms with Crippen LogP contribution in [0.25, 0.3) is 11.6 Å². The van der Waals surface area contributed by atoms with E-state index in [1.54, 1.807) is 0 Å². The van der Waals surface area contributed by atoms with E-state index in [1.165, 1.54) is 57.4 Å². The minimum Gasteiger partial charge on any atom is -0.483 e. The molecule has 0 aromatic heterocycles. The molecule has 6 rings (SSSR count). The van der Waals surface area contributed by atoms with Gasteiger partial charge in [0, 0.05) is 11.1 Å². The van der Waals surface area contributed by atoms with Gasteiger partial charge in [-0.2, -0.15) is 0 Å². The molecule has 1 aliphatic carbocycles. The molecule has 2 aliphatic rings. The molecular weight excluding hydrogens is 412 g/mol. The Morgan fingerprint density at radius 1 is 0.794 bits per heavy atom. The van der Waals surface area contributed by atoms with Crippen molar-refractivity contribution >= 4 is 11.6 Å². The summed E-state index contributed by atoms with van der Waals surface area (Å²) < 4.78 is 7.09. The van der Waals surface area contributed by atoms with Gasteiger partial charge in [-0.05, 0) is 65.3 Å². The second-order valence-electron chi connectivity index (χ2n) is 9.62. The van der Waals surface area contributed by atoms with Crippen molar-refractivity contribution in [3.63, 3.8) is 0 Å². The molecule has 0 fully saturated rings. The fourth-order valence-electron chi connectivity index (χ4n) is 6.04. The number of ether oxygens (including phenoxy) is 1. The van der Waals surface area contributed by atoms with E-state index in [-0.39, 0.29) is 6.10 Å².